The molecule has 0 aliphatic heterocycles. The van der Waals surface area contributed by atoms with Crippen molar-refractivity contribution in [3.05, 3.63) is 64.4 Å². The number of aromatic amines is 1. The van der Waals surface area contributed by atoms with Gasteiger partial charge in [0.25, 0.3) is 0 Å². The summed E-state index contributed by atoms with van der Waals surface area (Å²) < 4.78 is 45.1. The number of sulfonamides is 1. The van der Waals surface area contributed by atoms with Gasteiger partial charge in [-0.05, 0) is 36.8 Å². The Labute approximate surface area is 131 Å². The molecule has 6 nitrogen and oxygen atoms in total. The predicted molar refractivity (Wildman–Crippen MR) is 82.0 cm³/mol. The van der Waals surface area contributed by atoms with Crippen molar-refractivity contribution in [2.24, 2.45) is 0 Å². The van der Waals surface area contributed by atoms with Gasteiger partial charge in [-0.1, -0.05) is 12.1 Å². The first-order valence-electron chi connectivity index (χ1n) is 6.76. The highest BCUT2D eigenvalue weighted by molar-refractivity contribution is 7.89. The van der Waals surface area contributed by atoms with Crippen molar-refractivity contribution in [1.29, 1.82) is 0 Å². The molecule has 0 radical (unpaired) electrons. The second-order valence-electron chi connectivity index (χ2n) is 5.07. The van der Waals surface area contributed by atoms with Crippen LogP contribution in [0.5, 0.6) is 0 Å². The van der Waals surface area contributed by atoms with Crippen LogP contribution in [0.3, 0.4) is 0 Å². The monoisotopic (exact) mass is 336 g/mol. The van der Waals surface area contributed by atoms with Crippen molar-refractivity contribution >= 4 is 21.1 Å². The molecule has 3 aromatic rings. The summed E-state index contributed by atoms with van der Waals surface area (Å²) in [5, 5.41) is 0. The summed E-state index contributed by atoms with van der Waals surface area (Å²) in [7, 11) is -3.82. The van der Waals surface area contributed by atoms with Gasteiger partial charge in [0.1, 0.15) is 5.82 Å². The average Bonchev–Trinajstić information content (AvgIpc) is 2.86. The first-order chi connectivity index (χ1) is 10.8. The minimum Gasteiger partial charge on any atom is -0.408 e. The average molecular weight is 336 g/mol. The molecule has 2 aromatic carbocycles. The van der Waals surface area contributed by atoms with E-state index in [0.29, 0.717) is 11.1 Å². The molecule has 0 aliphatic carbocycles. The predicted octanol–water partition coefficient (Wildman–Crippen LogP) is 2.30. The van der Waals surface area contributed by atoms with Crippen molar-refractivity contribution < 1.29 is 17.2 Å². The lowest BCUT2D eigenvalue weighted by molar-refractivity contribution is 0.552. The van der Waals surface area contributed by atoms with Gasteiger partial charge in [0.15, 0.2) is 5.58 Å². The molecule has 8 heteroatoms. The summed E-state index contributed by atoms with van der Waals surface area (Å²) in [6, 6.07) is 9.10. The number of halogens is 1. The van der Waals surface area contributed by atoms with Gasteiger partial charge in [0.2, 0.25) is 10.0 Å². The van der Waals surface area contributed by atoms with E-state index in [1.165, 1.54) is 42.5 Å². The Morgan fingerprint density at radius 1 is 1.17 bits per heavy atom. The van der Waals surface area contributed by atoms with Gasteiger partial charge < -0.3 is 4.42 Å². The molecule has 0 amide bonds. The van der Waals surface area contributed by atoms with Crippen molar-refractivity contribution in [2.75, 3.05) is 0 Å². The topological polar surface area (TPSA) is 92.2 Å². The lowest BCUT2D eigenvalue weighted by Crippen LogP contribution is -2.26. The zero-order valence-corrected chi connectivity index (χ0v) is 12.9. The van der Waals surface area contributed by atoms with Crippen LogP contribution in [0.15, 0.2) is 56.6 Å². The number of nitrogens with one attached hydrogen (secondary N) is 2. The van der Waals surface area contributed by atoms with Crippen molar-refractivity contribution in [3.8, 4) is 0 Å². The van der Waals surface area contributed by atoms with Crippen LogP contribution < -0.4 is 10.5 Å². The van der Waals surface area contributed by atoms with E-state index in [1.807, 2.05) is 0 Å². The first-order valence-corrected chi connectivity index (χ1v) is 8.24. The SMILES string of the molecule is CC(NS(=O)(=O)c1ccc2[nH]c(=O)oc2c1)c1ccc(F)cc1. The number of hydrogen-bond acceptors (Lipinski definition) is 4. The number of oxazole rings is 1. The zero-order chi connectivity index (χ0) is 16.6. The van der Waals surface area contributed by atoms with Crippen LogP contribution in [0.1, 0.15) is 18.5 Å². The van der Waals surface area contributed by atoms with Crippen molar-refractivity contribution in [1.82, 2.24) is 9.71 Å². The lowest BCUT2D eigenvalue weighted by Gasteiger charge is -2.14. The summed E-state index contributed by atoms with van der Waals surface area (Å²) in [6.07, 6.45) is 0. The van der Waals surface area contributed by atoms with Gasteiger partial charge in [-0.3, -0.25) is 4.98 Å². The standard InChI is InChI=1S/C15H13FN2O4S/c1-9(10-2-4-11(16)5-3-10)18-23(20,21)12-6-7-13-14(8-12)22-15(19)17-13/h2-9,18H,1H3,(H,17,19). The minimum absolute atomic E-state index is 0.0262. The zero-order valence-electron chi connectivity index (χ0n) is 12.0. The number of H-pyrrole nitrogens is 1. The number of aromatic nitrogens is 1. The largest absolute Gasteiger partial charge is 0.417 e. The number of hydrogen-bond donors (Lipinski definition) is 2. The maximum atomic E-state index is 12.9. The van der Waals surface area contributed by atoms with E-state index < -0.39 is 27.6 Å². The van der Waals surface area contributed by atoms with Crippen LogP contribution in [-0.4, -0.2) is 13.4 Å². The molecule has 0 saturated heterocycles. The molecule has 120 valence electrons. The van der Waals surface area contributed by atoms with Gasteiger partial charge in [-0.2, -0.15) is 0 Å². The van der Waals surface area contributed by atoms with Crippen LogP contribution in [0.2, 0.25) is 0 Å². The van der Waals surface area contributed by atoms with E-state index in [4.69, 9.17) is 4.42 Å². The van der Waals surface area contributed by atoms with Crippen LogP contribution >= 0.6 is 0 Å². The molecule has 0 bridgehead atoms. The molecule has 2 N–H and O–H groups in total. The van der Waals surface area contributed by atoms with E-state index in [2.05, 4.69) is 9.71 Å². The molecule has 1 aromatic heterocycles. The fraction of sp³-hybridized carbons (Fsp3) is 0.133. The summed E-state index contributed by atoms with van der Waals surface area (Å²) in [6.45, 7) is 1.65. The molecule has 1 atom stereocenters. The fourth-order valence-corrected chi connectivity index (χ4v) is 3.46. The minimum atomic E-state index is -3.82. The fourth-order valence-electron chi connectivity index (χ4n) is 2.21. The summed E-state index contributed by atoms with van der Waals surface area (Å²) in [5.74, 6) is -1.04. The van der Waals surface area contributed by atoms with Crippen LogP contribution in [0, 0.1) is 5.82 Å². The Kier molecular flexibility index (Phi) is 3.78. The summed E-state index contributed by atoms with van der Waals surface area (Å²) >= 11 is 0. The third-order valence-corrected chi connectivity index (χ3v) is 4.94. The molecule has 1 heterocycles. The van der Waals surface area contributed by atoms with Gasteiger partial charge in [0, 0.05) is 12.1 Å². The molecule has 0 aliphatic rings. The van der Waals surface area contributed by atoms with E-state index in [1.54, 1.807) is 6.92 Å². The highest BCUT2D eigenvalue weighted by Gasteiger charge is 2.19. The van der Waals surface area contributed by atoms with Gasteiger partial charge in [0.05, 0.1) is 10.4 Å². The lowest BCUT2D eigenvalue weighted by atomic mass is 10.1. The molecule has 0 spiro atoms. The Bertz CT molecular complexity index is 1010. The Morgan fingerprint density at radius 3 is 2.57 bits per heavy atom. The smallest absolute Gasteiger partial charge is 0.408 e. The normalized spacial score (nSPS) is 13.3. The van der Waals surface area contributed by atoms with Gasteiger partial charge >= 0.3 is 5.76 Å². The van der Waals surface area contributed by atoms with Crippen LogP contribution in [-0.2, 0) is 10.0 Å². The van der Waals surface area contributed by atoms with Gasteiger partial charge in [-0.15, -0.1) is 0 Å². The summed E-state index contributed by atoms with van der Waals surface area (Å²) in [5.41, 5.74) is 1.21. The maximum Gasteiger partial charge on any atom is 0.417 e. The number of rotatable bonds is 4. The second kappa shape index (κ2) is 5.64. The molecule has 3 rings (SSSR count). The molecule has 0 saturated carbocycles. The Morgan fingerprint density at radius 2 is 1.87 bits per heavy atom. The van der Waals surface area contributed by atoms with E-state index >= 15 is 0 Å². The molecule has 1 unspecified atom stereocenters. The van der Waals surface area contributed by atoms with E-state index in [-0.39, 0.29) is 10.5 Å². The number of benzene rings is 2. The van der Waals surface area contributed by atoms with Gasteiger partial charge in [-0.25, -0.2) is 22.3 Å². The quantitative estimate of drug-likeness (QED) is 0.765. The highest BCUT2D eigenvalue weighted by atomic mass is 32.2. The molecule has 23 heavy (non-hydrogen) atoms. The number of fused-ring (bicyclic) bond motifs is 1. The van der Waals surface area contributed by atoms with Crippen molar-refractivity contribution in [3.63, 3.8) is 0 Å². The van der Waals surface area contributed by atoms with Crippen LogP contribution in [0.4, 0.5) is 4.39 Å². The third kappa shape index (κ3) is 3.17. The summed E-state index contributed by atoms with van der Waals surface area (Å²) in [4.78, 5) is 13.5. The Hall–Kier alpha value is -2.45. The molecular weight excluding hydrogens is 323 g/mol. The highest BCUT2D eigenvalue weighted by Crippen LogP contribution is 2.20. The molecule has 0 fully saturated rings. The van der Waals surface area contributed by atoms with Crippen LogP contribution in [0.25, 0.3) is 11.1 Å². The second-order valence-corrected chi connectivity index (χ2v) is 6.78. The molecular formula is C15H13FN2O4S. The third-order valence-electron chi connectivity index (χ3n) is 3.40. The van der Waals surface area contributed by atoms with E-state index in [0.717, 1.165) is 0 Å². The maximum absolute atomic E-state index is 12.9. The Balaban J connectivity index is 1.90. The van der Waals surface area contributed by atoms with Crippen molar-refractivity contribution in [2.45, 2.75) is 17.9 Å². The first kappa shape index (κ1) is 15.4. The van der Waals surface area contributed by atoms with E-state index in [9.17, 15) is 17.6 Å².